The minimum absolute atomic E-state index is 0.0491. The summed E-state index contributed by atoms with van der Waals surface area (Å²) in [4.78, 5) is 23.2. The van der Waals surface area contributed by atoms with Crippen molar-refractivity contribution in [2.75, 3.05) is 5.75 Å². The number of amides is 1. The van der Waals surface area contributed by atoms with Crippen molar-refractivity contribution in [3.63, 3.8) is 0 Å². The van der Waals surface area contributed by atoms with E-state index >= 15 is 0 Å². The topological polar surface area (TPSA) is 54.9 Å². The van der Waals surface area contributed by atoms with Crippen LogP contribution in [0.25, 0.3) is 0 Å². The number of hydrogen-bond acceptors (Lipinski definition) is 5. The summed E-state index contributed by atoms with van der Waals surface area (Å²) in [6.07, 6.45) is 5.15. The van der Waals surface area contributed by atoms with Crippen LogP contribution in [0.5, 0.6) is 0 Å². The molecule has 6 heteroatoms. The highest BCUT2D eigenvalue weighted by Gasteiger charge is 2.37. The predicted octanol–water partition coefficient (Wildman–Crippen LogP) is 3.44. The van der Waals surface area contributed by atoms with Crippen LogP contribution in [0.15, 0.2) is 23.7 Å². The van der Waals surface area contributed by atoms with Gasteiger partial charge in [-0.1, -0.05) is 0 Å². The molecule has 2 aromatic heterocycles. The highest BCUT2D eigenvalue weighted by atomic mass is 32.2. The maximum absolute atomic E-state index is 12.9. The second-order valence-electron chi connectivity index (χ2n) is 6.18. The van der Waals surface area contributed by atoms with E-state index in [4.69, 9.17) is 0 Å². The lowest BCUT2D eigenvalue weighted by atomic mass is 10.1. The molecule has 1 fully saturated rings. The first-order valence-electron chi connectivity index (χ1n) is 8.00. The highest BCUT2D eigenvalue weighted by Crippen LogP contribution is 2.43. The van der Waals surface area contributed by atoms with Crippen LogP contribution in [0.3, 0.4) is 0 Å². The Bertz CT molecular complexity index is 726. The largest absolute Gasteiger partial charge is 0.345 e. The van der Waals surface area contributed by atoms with Gasteiger partial charge in [-0.2, -0.15) is 0 Å². The first-order chi connectivity index (χ1) is 11.2. The molecule has 2 aromatic rings. The molecule has 2 aliphatic rings. The van der Waals surface area contributed by atoms with Gasteiger partial charge < -0.3 is 5.32 Å². The maximum Gasteiger partial charge on any atom is 0.238 e. The zero-order valence-electron chi connectivity index (χ0n) is 13.0. The SMILES string of the molecule is Cc1ccnc([C@H](NC(=O)[C@@H]2SCCc3sccc32)C2CC2)n1. The Balaban J connectivity index is 1.55. The molecule has 4 nitrogen and oxygen atoms in total. The van der Waals surface area contributed by atoms with Crippen molar-refractivity contribution in [3.8, 4) is 0 Å². The van der Waals surface area contributed by atoms with Crippen LogP contribution in [0.4, 0.5) is 0 Å². The van der Waals surface area contributed by atoms with E-state index in [0.717, 1.165) is 36.5 Å². The van der Waals surface area contributed by atoms with E-state index in [-0.39, 0.29) is 17.2 Å². The van der Waals surface area contributed by atoms with Gasteiger partial charge in [-0.25, -0.2) is 9.97 Å². The Labute approximate surface area is 144 Å². The number of thioether (sulfide) groups is 1. The number of fused-ring (bicyclic) bond motifs is 1. The van der Waals surface area contributed by atoms with Gasteiger partial charge in [0.05, 0.1) is 6.04 Å². The molecule has 0 bridgehead atoms. The van der Waals surface area contributed by atoms with Crippen LogP contribution in [-0.4, -0.2) is 21.6 Å². The summed E-state index contributed by atoms with van der Waals surface area (Å²) in [6.45, 7) is 1.96. The summed E-state index contributed by atoms with van der Waals surface area (Å²) < 4.78 is 0. The zero-order valence-corrected chi connectivity index (χ0v) is 14.6. The fraction of sp³-hybridized carbons (Fsp3) is 0.471. The van der Waals surface area contributed by atoms with Crippen molar-refractivity contribution < 1.29 is 4.79 Å². The van der Waals surface area contributed by atoms with Gasteiger partial charge in [0, 0.05) is 16.8 Å². The smallest absolute Gasteiger partial charge is 0.238 e. The molecule has 3 heterocycles. The molecule has 0 saturated heterocycles. The Morgan fingerprint density at radius 2 is 2.26 bits per heavy atom. The molecule has 0 aromatic carbocycles. The number of nitrogens with zero attached hydrogens (tertiary/aromatic N) is 2. The summed E-state index contributed by atoms with van der Waals surface area (Å²) in [5, 5.41) is 5.25. The number of carbonyl (C=O) groups is 1. The molecule has 0 unspecified atom stereocenters. The fourth-order valence-electron chi connectivity index (χ4n) is 3.03. The normalized spacial score (nSPS) is 21.5. The molecule has 23 heavy (non-hydrogen) atoms. The van der Waals surface area contributed by atoms with Crippen LogP contribution in [-0.2, 0) is 11.2 Å². The van der Waals surface area contributed by atoms with Gasteiger partial charge in [0.1, 0.15) is 5.25 Å². The van der Waals surface area contributed by atoms with Crippen molar-refractivity contribution in [2.45, 2.75) is 37.5 Å². The first-order valence-corrected chi connectivity index (χ1v) is 9.93. The monoisotopic (exact) mass is 345 g/mol. The minimum Gasteiger partial charge on any atom is -0.345 e. The van der Waals surface area contributed by atoms with E-state index in [1.807, 2.05) is 13.0 Å². The molecule has 1 N–H and O–H groups in total. The van der Waals surface area contributed by atoms with E-state index in [1.165, 1.54) is 10.4 Å². The average Bonchev–Trinajstić information content (AvgIpc) is 3.28. The molecule has 1 aliphatic heterocycles. The molecule has 4 rings (SSSR count). The Kier molecular flexibility index (Phi) is 4.11. The summed E-state index contributed by atoms with van der Waals surface area (Å²) >= 11 is 3.51. The third kappa shape index (κ3) is 3.15. The standard InChI is InChI=1S/C17H19N3OS2/c1-10-4-7-18-16(19-10)14(11-2-3-11)20-17(21)15-12-5-8-22-13(12)6-9-23-15/h4-5,7-8,11,14-15H,2-3,6,9H2,1H3,(H,20,21)/t14-,15-/m1/s1. The van der Waals surface area contributed by atoms with Gasteiger partial charge in [-0.05, 0) is 60.9 Å². The van der Waals surface area contributed by atoms with Crippen molar-refractivity contribution in [1.29, 1.82) is 0 Å². The highest BCUT2D eigenvalue weighted by molar-refractivity contribution is 8.00. The summed E-state index contributed by atoms with van der Waals surface area (Å²) in [5.74, 6) is 2.36. The minimum atomic E-state index is -0.0870. The summed E-state index contributed by atoms with van der Waals surface area (Å²) in [5.41, 5.74) is 2.14. The maximum atomic E-state index is 12.9. The Morgan fingerprint density at radius 3 is 3.04 bits per heavy atom. The molecule has 1 saturated carbocycles. The van der Waals surface area contributed by atoms with Crippen molar-refractivity contribution in [2.24, 2.45) is 5.92 Å². The van der Waals surface area contributed by atoms with Crippen LogP contribution >= 0.6 is 23.1 Å². The summed E-state index contributed by atoms with van der Waals surface area (Å²) in [6, 6.07) is 3.95. The van der Waals surface area contributed by atoms with Crippen LogP contribution in [0.2, 0.25) is 0 Å². The van der Waals surface area contributed by atoms with E-state index in [1.54, 1.807) is 29.3 Å². The number of aryl methyl sites for hydroxylation is 2. The molecular weight excluding hydrogens is 326 g/mol. The molecule has 0 spiro atoms. The third-order valence-corrected chi connectivity index (χ3v) is 6.63. The van der Waals surface area contributed by atoms with Crippen LogP contribution in [0.1, 0.15) is 46.1 Å². The molecule has 0 radical (unpaired) electrons. The molecule has 120 valence electrons. The molecular formula is C17H19N3OS2. The zero-order chi connectivity index (χ0) is 15.8. The number of carbonyl (C=O) groups excluding carboxylic acids is 1. The van der Waals surface area contributed by atoms with E-state index in [2.05, 4.69) is 26.7 Å². The second kappa shape index (κ2) is 6.24. The Hall–Kier alpha value is -1.40. The summed E-state index contributed by atoms with van der Waals surface area (Å²) in [7, 11) is 0. The number of rotatable bonds is 4. The van der Waals surface area contributed by atoms with Gasteiger partial charge >= 0.3 is 0 Å². The number of nitrogens with one attached hydrogen (secondary N) is 1. The number of thiophene rings is 1. The van der Waals surface area contributed by atoms with Gasteiger partial charge in [0.2, 0.25) is 5.91 Å². The number of aromatic nitrogens is 2. The average molecular weight is 345 g/mol. The van der Waals surface area contributed by atoms with Gasteiger partial charge in [0.15, 0.2) is 5.82 Å². The van der Waals surface area contributed by atoms with Crippen LogP contribution in [0, 0.1) is 12.8 Å². The number of hydrogen-bond donors (Lipinski definition) is 1. The second-order valence-corrected chi connectivity index (χ2v) is 8.39. The van der Waals surface area contributed by atoms with Crippen molar-refractivity contribution in [1.82, 2.24) is 15.3 Å². The Morgan fingerprint density at radius 1 is 1.39 bits per heavy atom. The quantitative estimate of drug-likeness (QED) is 0.922. The fourth-order valence-corrected chi connectivity index (χ4v) is 5.34. The van der Waals surface area contributed by atoms with E-state index < -0.39 is 0 Å². The van der Waals surface area contributed by atoms with Gasteiger partial charge in [-0.15, -0.1) is 23.1 Å². The lowest BCUT2D eigenvalue weighted by Gasteiger charge is -2.24. The van der Waals surface area contributed by atoms with Crippen molar-refractivity contribution >= 4 is 29.0 Å². The van der Waals surface area contributed by atoms with Crippen molar-refractivity contribution in [3.05, 3.63) is 45.7 Å². The molecule has 1 aliphatic carbocycles. The third-order valence-electron chi connectivity index (χ3n) is 4.40. The lowest BCUT2D eigenvalue weighted by Crippen LogP contribution is -2.35. The predicted molar refractivity (Wildman–Crippen MR) is 93.6 cm³/mol. The van der Waals surface area contributed by atoms with E-state index in [0.29, 0.717) is 5.92 Å². The van der Waals surface area contributed by atoms with Gasteiger partial charge in [0.25, 0.3) is 0 Å². The lowest BCUT2D eigenvalue weighted by molar-refractivity contribution is -0.121. The van der Waals surface area contributed by atoms with E-state index in [9.17, 15) is 4.79 Å². The van der Waals surface area contributed by atoms with Crippen LogP contribution < -0.4 is 5.32 Å². The molecule has 2 atom stereocenters. The molecule has 1 amide bonds. The first kappa shape index (κ1) is 15.1. The van der Waals surface area contributed by atoms with Gasteiger partial charge in [-0.3, -0.25) is 4.79 Å².